The van der Waals surface area contributed by atoms with Crippen LogP contribution in [0.3, 0.4) is 0 Å². The topological polar surface area (TPSA) is 66.1 Å². The number of H-pyrrole nitrogens is 1. The highest BCUT2D eigenvalue weighted by Gasteiger charge is 2.25. The maximum atomic E-state index is 12.7. The second kappa shape index (κ2) is 8.50. The number of hydrogen-bond acceptors (Lipinski definition) is 4. The summed E-state index contributed by atoms with van der Waals surface area (Å²) in [5.74, 6) is 0.885. The molecule has 1 aliphatic rings. The van der Waals surface area contributed by atoms with E-state index in [1.807, 2.05) is 12.1 Å². The molecule has 0 amide bonds. The lowest BCUT2D eigenvalue weighted by Crippen LogP contribution is -2.35. The minimum atomic E-state index is -3.35. The van der Waals surface area contributed by atoms with Gasteiger partial charge in [0.1, 0.15) is 0 Å². The van der Waals surface area contributed by atoms with Crippen LogP contribution in [0.4, 0.5) is 0 Å². The zero-order valence-corrected chi connectivity index (χ0v) is 18.6. The van der Waals surface area contributed by atoms with Crippen LogP contribution in [0.1, 0.15) is 36.0 Å². The van der Waals surface area contributed by atoms with Gasteiger partial charge in [0, 0.05) is 18.8 Å². The number of aryl methyl sites for hydroxylation is 3. The summed E-state index contributed by atoms with van der Waals surface area (Å²) in [5.41, 5.74) is 5.72. The highest BCUT2D eigenvalue weighted by Crippen LogP contribution is 2.24. The van der Waals surface area contributed by atoms with Crippen molar-refractivity contribution in [1.29, 1.82) is 0 Å². The quantitative estimate of drug-likeness (QED) is 0.577. The van der Waals surface area contributed by atoms with Crippen molar-refractivity contribution < 1.29 is 8.42 Å². The van der Waals surface area contributed by atoms with Crippen LogP contribution < -0.4 is 0 Å². The molecule has 7 heteroatoms. The molecule has 2 heterocycles. The molecule has 0 atom stereocenters. The van der Waals surface area contributed by atoms with E-state index in [-0.39, 0.29) is 0 Å². The Balaban J connectivity index is 1.37. The van der Waals surface area contributed by atoms with Gasteiger partial charge in [-0.1, -0.05) is 30.3 Å². The number of piperidine rings is 1. The molecule has 3 aromatic rings. The maximum Gasteiger partial charge on any atom is 0.243 e. The predicted octanol–water partition coefficient (Wildman–Crippen LogP) is 4.69. The van der Waals surface area contributed by atoms with Crippen molar-refractivity contribution in [3.63, 3.8) is 0 Å². The van der Waals surface area contributed by atoms with Crippen LogP contribution in [0.25, 0.3) is 11.0 Å². The number of nitrogens with one attached hydrogen (secondary N) is 1. The van der Waals surface area contributed by atoms with E-state index in [1.165, 1.54) is 11.1 Å². The third-order valence-electron chi connectivity index (χ3n) is 5.58. The molecule has 2 aromatic carbocycles. The Labute approximate surface area is 177 Å². The molecular formula is C22H27N3O2S2. The summed E-state index contributed by atoms with van der Waals surface area (Å²) in [7, 11) is -3.35. The summed E-state index contributed by atoms with van der Waals surface area (Å²) in [6, 6.07) is 11.6. The summed E-state index contributed by atoms with van der Waals surface area (Å²) in [4.78, 5) is 8.45. The van der Waals surface area contributed by atoms with Gasteiger partial charge in [-0.15, -0.1) is 0 Å². The van der Waals surface area contributed by atoms with Crippen LogP contribution in [0.5, 0.6) is 0 Å². The third kappa shape index (κ3) is 4.52. The van der Waals surface area contributed by atoms with Gasteiger partial charge in [-0.3, -0.25) is 0 Å². The fourth-order valence-corrected chi connectivity index (χ4v) is 6.06. The first-order valence-electron chi connectivity index (χ1n) is 10.1. The number of rotatable bonds is 6. The Morgan fingerprint density at radius 3 is 2.45 bits per heavy atom. The molecule has 154 valence electrons. The van der Waals surface area contributed by atoms with Crippen molar-refractivity contribution >= 4 is 32.8 Å². The van der Waals surface area contributed by atoms with Gasteiger partial charge in [0.05, 0.1) is 15.9 Å². The van der Waals surface area contributed by atoms with Crippen molar-refractivity contribution in [1.82, 2.24) is 14.3 Å². The highest BCUT2D eigenvalue weighted by atomic mass is 32.2. The fourth-order valence-electron chi connectivity index (χ4n) is 3.66. The number of hydrogen-bond donors (Lipinski definition) is 1. The van der Waals surface area contributed by atoms with Gasteiger partial charge in [0.15, 0.2) is 5.16 Å². The van der Waals surface area contributed by atoms with Crippen LogP contribution in [0.2, 0.25) is 0 Å². The van der Waals surface area contributed by atoms with E-state index in [2.05, 4.69) is 35.9 Å². The Bertz CT molecular complexity index is 1060. The highest BCUT2D eigenvalue weighted by molar-refractivity contribution is 7.99. The first kappa shape index (κ1) is 20.4. The number of sulfonamides is 1. The zero-order valence-electron chi connectivity index (χ0n) is 16.9. The molecule has 4 rings (SSSR count). The van der Waals surface area contributed by atoms with Crippen LogP contribution in [-0.2, 0) is 16.4 Å². The first-order chi connectivity index (χ1) is 13.9. The largest absolute Gasteiger partial charge is 0.333 e. The monoisotopic (exact) mass is 429 g/mol. The summed E-state index contributed by atoms with van der Waals surface area (Å²) in [6.07, 6.45) is 3.89. The lowest BCUT2D eigenvalue weighted by atomic mass is 10.1. The van der Waals surface area contributed by atoms with E-state index in [4.69, 9.17) is 0 Å². The molecule has 0 saturated carbocycles. The summed E-state index contributed by atoms with van der Waals surface area (Å²) in [6.45, 7) is 5.48. The predicted molar refractivity (Wildman–Crippen MR) is 119 cm³/mol. The first-order valence-corrected chi connectivity index (χ1v) is 12.5. The van der Waals surface area contributed by atoms with E-state index in [0.717, 1.165) is 53.2 Å². The van der Waals surface area contributed by atoms with Gasteiger partial charge in [0.2, 0.25) is 10.0 Å². The molecule has 0 radical (unpaired) electrons. The zero-order chi connectivity index (χ0) is 20.4. The maximum absolute atomic E-state index is 12.7. The van der Waals surface area contributed by atoms with E-state index in [0.29, 0.717) is 18.0 Å². The minimum absolute atomic E-state index is 0.402. The lowest BCUT2D eigenvalue weighted by Gasteiger charge is -2.25. The molecule has 0 bridgehead atoms. The van der Waals surface area contributed by atoms with E-state index < -0.39 is 10.0 Å². The number of aromatic nitrogens is 2. The van der Waals surface area contributed by atoms with Crippen molar-refractivity contribution in [3.8, 4) is 0 Å². The van der Waals surface area contributed by atoms with E-state index >= 15 is 0 Å². The molecule has 1 fully saturated rings. The Morgan fingerprint density at radius 2 is 1.72 bits per heavy atom. The Kier molecular flexibility index (Phi) is 5.99. The summed E-state index contributed by atoms with van der Waals surface area (Å²) >= 11 is 1.69. The SMILES string of the molecule is Cc1cc2nc(SCCc3ccc(S(=O)(=O)N4CCCCC4)cc3)[nH]c2cc1C. The second-order valence-electron chi connectivity index (χ2n) is 7.70. The van der Waals surface area contributed by atoms with Crippen molar-refractivity contribution in [3.05, 3.63) is 53.1 Å². The summed E-state index contributed by atoms with van der Waals surface area (Å²) in [5, 5.41) is 0.925. The smallest absolute Gasteiger partial charge is 0.243 e. The van der Waals surface area contributed by atoms with Gasteiger partial charge >= 0.3 is 0 Å². The van der Waals surface area contributed by atoms with Gasteiger partial charge < -0.3 is 4.98 Å². The van der Waals surface area contributed by atoms with E-state index in [9.17, 15) is 8.42 Å². The van der Waals surface area contributed by atoms with Gasteiger partial charge in [0.25, 0.3) is 0 Å². The number of thioether (sulfide) groups is 1. The lowest BCUT2D eigenvalue weighted by molar-refractivity contribution is 0.346. The number of aromatic amines is 1. The number of imidazole rings is 1. The molecule has 1 N–H and O–H groups in total. The van der Waals surface area contributed by atoms with Crippen LogP contribution in [-0.4, -0.2) is 41.5 Å². The van der Waals surface area contributed by atoms with Crippen LogP contribution in [0.15, 0.2) is 46.5 Å². The van der Waals surface area contributed by atoms with Gasteiger partial charge in [-0.2, -0.15) is 4.31 Å². The molecule has 0 spiro atoms. The van der Waals surface area contributed by atoms with Crippen LogP contribution in [0, 0.1) is 13.8 Å². The van der Waals surface area contributed by atoms with Crippen molar-refractivity contribution in [2.45, 2.75) is 49.6 Å². The number of benzene rings is 2. The molecular weight excluding hydrogens is 402 g/mol. The fraction of sp³-hybridized carbons (Fsp3) is 0.409. The van der Waals surface area contributed by atoms with Crippen molar-refractivity contribution in [2.75, 3.05) is 18.8 Å². The summed E-state index contributed by atoms with van der Waals surface area (Å²) < 4.78 is 27.1. The molecule has 1 aliphatic heterocycles. The minimum Gasteiger partial charge on any atom is -0.333 e. The average Bonchev–Trinajstić information content (AvgIpc) is 3.11. The van der Waals surface area contributed by atoms with Gasteiger partial charge in [-0.25, -0.2) is 13.4 Å². The number of fused-ring (bicyclic) bond motifs is 1. The van der Waals surface area contributed by atoms with E-state index in [1.54, 1.807) is 28.2 Å². The normalized spacial score (nSPS) is 15.8. The molecule has 1 saturated heterocycles. The number of nitrogens with zero attached hydrogens (tertiary/aromatic N) is 2. The average molecular weight is 430 g/mol. The Morgan fingerprint density at radius 1 is 1.03 bits per heavy atom. The molecule has 1 aromatic heterocycles. The van der Waals surface area contributed by atoms with Crippen molar-refractivity contribution in [2.24, 2.45) is 0 Å². The van der Waals surface area contributed by atoms with Crippen LogP contribution >= 0.6 is 11.8 Å². The third-order valence-corrected chi connectivity index (χ3v) is 8.37. The standard InChI is InChI=1S/C22H27N3O2S2/c1-16-14-20-21(15-17(16)2)24-22(23-20)28-13-10-18-6-8-19(9-7-18)29(26,27)25-11-4-3-5-12-25/h6-9,14-15H,3-5,10-13H2,1-2H3,(H,23,24). The Hall–Kier alpha value is -1.83. The molecule has 5 nitrogen and oxygen atoms in total. The molecule has 0 aliphatic carbocycles. The molecule has 0 unspecified atom stereocenters. The molecule has 29 heavy (non-hydrogen) atoms. The second-order valence-corrected chi connectivity index (χ2v) is 10.7. The van der Waals surface area contributed by atoms with Gasteiger partial charge in [-0.05, 0) is 74.1 Å².